The molecule has 164 valence electrons. The Morgan fingerprint density at radius 3 is 2.88 bits per heavy atom. The van der Waals surface area contributed by atoms with Crippen molar-refractivity contribution in [2.45, 2.75) is 11.3 Å². The van der Waals surface area contributed by atoms with E-state index in [1.807, 2.05) is 24.3 Å². The van der Waals surface area contributed by atoms with E-state index in [9.17, 15) is 9.59 Å². The number of methoxy groups -OCH3 is 1. The molecule has 0 saturated heterocycles. The van der Waals surface area contributed by atoms with Crippen molar-refractivity contribution in [1.82, 2.24) is 10.1 Å². The zero-order valence-corrected chi connectivity index (χ0v) is 18.0. The molecular formula is C22H21N4O5S+. The SMILES string of the molecule is C=CCSc1n[n+]2c(c(=O)[nH]1)-c1ccccc1N[C@H]2c1cccc(OC)c1OCC(=O)O. The summed E-state index contributed by atoms with van der Waals surface area (Å²) in [5.41, 5.74) is 2.10. The van der Waals surface area contributed by atoms with Crippen LogP contribution in [-0.4, -0.2) is 40.6 Å². The van der Waals surface area contributed by atoms with Gasteiger partial charge < -0.3 is 19.9 Å². The number of carboxylic acid groups (broad SMARTS) is 1. The van der Waals surface area contributed by atoms with Crippen LogP contribution in [0.1, 0.15) is 11.7 Å². The third-order valence-corrected chi connectivity index (χ3v) is 5.64. The number of rotatable bonds is 8. The number of ether oxygens (including phenoxy) is 2. The topological polar surface area (TPSA) is 117 Å². The van der Waals surface area contributed by atoms with Gasteiger partial charge in [-0.2, -0.15) is 0 Å². The molecule has 1 atom stereocenters. The highest BCUT2D eigenvalue weighted by Gasteiger charge is 2.39. The highest BCUT2D eigenvalue weighted by atomic mass is 32.2. The number of para-hydroxylation sites is 2. The number of anilines is 1. The fraction of sp³-hybridized carbons (Fsp3) is 0.182. The summed E-state index contributed by atoms with van der Waals surface area (Å²) in [6.07, 6.45) is 1.07. The van der Waals surface area contributed by atoms with E-state index in [0.717, 1.165) is 5.69 Å². The number of nitrogens with zero attached hydrogens (tertiary/aromatic N) is 2. The van der Waals surface area contributed by atoms with Crippen LogP contribution in [0.3, 0.4) is 0 Å². The molecule has 0 bridgehead atoms. The Kier molecular flexibility index (Phi) is 6.13. The van der Waals surface area contributed by atoms with Gasteiger partial charge in [-0.1, -0.05) is 36.0 Å². The van der Waals surface area contributed by atoms with E-state index < -0.39 is 18.7 Å². The van der Waals surface area contributed by atoms with Crippen LogP contribution in [0, 0.1) is 0 Å². The Bertz CT molecular complexity index is 1240. The molecule has 0 spiro atoms. The Balaban J connectivity index is 1.92. The van der Waals surface area contributed by atoms with E-state index in [4.69, 9.17) is 14.6 Å². The average molecular weight is 454 g/mol. The number of carbonyl (C=O) groups is 1. The second kappa shape index (κ2) is 9.15. The van der Waals surface area contributed by atoms with Crippen molar-refractivity contribution in [3.63, 3.8) is 0 Å². The van der Waals surface area contributed by atoms with E-state index in [-0.39, 0.29) is 11.3 Å². The summed E-state index contributed by atoms with van der Waals surface area (Å²) in [7, 11) is 1.48. The minimum absolute atomic E-state index is 0.259. The van der Waals surface area contributed by atoms with Gasteiger partial charge in [0.1, 0.15) is 0 Å². The smallest absolute Gasteiger partial charge is 0.341 e. The number of aromatic nitrogens is 3. The summed E-state index contributed by atoms with van der Waals surface area (Å²) in [5, 5.41) is 17.6. The lowest BCUT2D eigenvalue weighted by Gasteiger charge is -2.24. The summed E-state index contributed by atoms with van der Waals surface area (Å²) in [5.74, 6) is 0.0885. The van der Waals surface area contributed by atoms with Gasteiger partial charge in [0.15, 0.2) is 18.1 Å². The van der Waals surface area contributed by atoms with Crippen molar-refractivity contribution in [3.05, 3.63) is 71.0 Å². The summed E-state index contributed by atoms with van der Waals surface area (Å²) < 4.78 is 12.6. The number of aromatic amines is 1. The van der Waals surface area contributed by atoms with Gasteiger partial charge in [0.2, 0.25) is 5.16 Å². The molecule has 0 radical (unpaired) electrons. The molecule has 1 aromatic heterocycles. The first kappa shape index (κ1) is 21.4. The molecule has 0 unspecified atom stereocenters. The first-order valence-electron chi connectivity index (χ1n) is 9.70. The first-order chi connectivity index (χ1) is 15.5. The number of thioether (sulfide) groups is 1. The Labute approximate surface area is 187 Å². The molecule has 3 N–H and O–H groups in total. The Hall–Kier alpha value is -3.79. The predicted octanol–water partition coefficient (Wildman–Crippen LogP) is 2.45. The van der Waals surface area contributed by atoms with Crippen LogP contribution in [0.5, 0.6) is 11.5 Å². The molecule has 3 aromatic rings. The van der Waals surface area contributed by atoms with Gasteiger partial charge in [-0.05, 0) is 28.9 Å². The van der Waals surface area contributed by atoms with Gasteiger partial charge in [0, 0.05) is 10.9 Å². The van der Waals surface area contributed by atoms with Gasteiger partial charge >= 0.3 is 17.2 Å². The third-order valence-electron chi connectivity index (χ3n) is 4.78. The lowest BCUT2D eigenvalue weighted by molar-refractivity contribution is -0.759. The van der Waals surface area contributed by atoms with E-state index in [0.29, 0.717) is 33.5 Å². The lowest BCUT2D eigenvalue weighted by atomic mass is 10.0. The largest absolute Gasteiger partial charge is 0.493 e. The maximum absolute atomic E-state index is 13.1. The van der Waals surface area contributed by atoms with Crippen LogP contribution in [0.4, 0.5) is 5.69 Å². The zero-order valence-electron chi connectivity index (χ0n) is 17.2. The maximum Gasteiger partial charge on any atom is 0.341 e. The predicted molar refractivity (Wildman–Crippen MR) is 119 cm³/mol. The third kappa shape index (κ3) is 4.04. The number of hydrogen-bond donors (Lipinski definition) is 3. The standard InChI is InChI=1S/C22H20N4O5S/c1-3-11-32-22-24-21(29)18-13-7-4-5-9-15(13)23-20(26(18)25-22)14-8-6-10-16(30-2)19(14)31-12-17(27)28/h3-10,20H,1,11-12H2,2H3,(H2,24,25,27,28,29)/p+1/t20-/m1/s1. The number of fused-ring (bicyclic) bond motifs is 3. The maximum atomic E-state index is 13.1. The van der Waals surface area contributed by atoms with Crippen LogP contribution in [0.15, 0.2) is 65.1 Å². The van der Waals surface area contributed by atoms with Crippen molar-refractivity contribution in [3.8, 4) is 22.8 Å². The molecular weight excluding hydrogens is 432 g/mol. The zero-order chi connectivity index (χ0) is 22.7. The molecule has 2 aromatic carbocycles. The molecule has 32 heavy (non-hydrogen) atoms. The highest BCUT2D eigenvalue weighted by Crippen LogP contribution is 2.38. The molecule has 1 aliphatic rings. The Morgan fingerprint density at radius 2 is 2.12 bits per heavy atom. The van der Waals surface area contributed by atoms with Crippen LogP contribution in [-0.2, 0) is 4.79 Å². The molecule has 0 fully saturated rings. The van der Waals surface area contributed by atoms with Gasteiger partial charge in [0.25, 0.3) is 6.17 Å². The number of hydrogen-bond acceptors (Lipinski definition) is 7. The van der Waals surface area contributed by atoms with Gasteiger partial charge in [-0.15, -0.1) is 6.58 Å². The van der Waals surface area contributed by atoms with Crippen molar-refractivity contribution < 1.29 is 24.1 Å². The van der Waals surface area contributed by atoms with Crippen LogP contribution in [0.2, 0.25) is 0 Å². The highest BCUT2D eigenvalue weighted by molar-refractivity contribution is 7.99. The number of carboxylic acids is 1. The van der Waals surface area contributed by atoms with Crippen LogP contribution < -0.4 is 25.0 Å². The molecule has 4 rings (SSSR count). The van der Waals surface area contributed by atoms with Gasteiger partial charge in [0.05, 0.1) is 23.9 Å². The molecule has 0 saturated carbocycles. The molecule has 0 aliphatic carbocycles. The minimum Gasteiger partial charge on any atom is -0.493 e. The minimum atomic E-state index is -1.12. The van der Waals surface area contributed by atoms with E-state index in [1.165, 1.54) is 18.9 Å². The van der Waals surface area contributed by atoms with Gasteiger partial charge in [-0.25, -0.2) is 4.79 Å². The number of benzene rings is 2. The number of H-pyrrole nitrogens is 1. The fourth-order valence-electron chi connectivity index (χ4n) is 3.50. The van der Waals surface area contributed by atoms with Crippen LogP contribution in [0.25, 0.3) is 11.3 Å². The van der Waals surface area contributed by atoms with E-state index in [1.54, 1.807) is 29.0 Å². The molecule has 9 nitrogen and oxygen atoms in total. The summed E-state index contributed by atoms with van der Waals surface area (Å²) in [6, 6.07) is 12.6. The van der Waals surface area contributed by atoms with Crippen molar-refractivity contribution in [1.29, 1.82) is 0 Å². The molecule has 0 amide bonds. The summed E-state index contributed by atoms with van der Waals surface area (Å²) in [4.78, 5) is 27.1. The van der Waals surface area contributed by atoms with Crippen molar-refractivity contribution in [2.24, 2.45) is 0 Å². The van der Waals surface area contributed by atoms with Gasteiger partial charge in [-0.3, -0.25) is 9.78 Å². The fourth-order valence-corrected chi connectivity index (χ4v) is 4.09. The van der Waals surface area contributed by atoms with E-state index >= 15 is 0 Å². The molecule has 10 heteroatoms. The average Bonchev–Trinajstić information content (AvgIpc) is 2.80. The molecule has 1 aliphatic heterocycles. The summed E-state index contributed by atoms with van der Waals surface area (Å²) in [6.45, 7) is 3.16. The second-order valence-electron chi connectivity index (χ2n) is 6.81. The lowest BCUT2D eigenvalue weighted by Crippen LogP contribution is -2.55. The monoisotopic (exact) mass is 453 g/mol. The van der Waals surface area contributed by atoms with E-state index in [2.05, 4.69) is 22.0 Å². The quantitative estimate of drug-likeness (QED) is 0.271. The van der Waals surface area contributed by atoms with Crippen molar-refractivity contribution >= 4 is 23.4 Å². The first-order valence-corrected chi connectivity index (χ1v) is 10.7. The van der Waals surface area contributed by atoms with Crippen molar-refractivity contribution in [2.75, 3.05) is 24.8 Å². The Morgan fingerprint density at radius 1 is 1.31 bits per heavy atom. The second-order valence-corrected chi connectivity index (χ2v) is 7.81. The molecule has 2 heterocycles. The number of nitrogens with one attached hydrogen (secondary N) is 2. The summed E-state index contributed by atoms with van der Waals surface area (Å²) >= 11 is 1.34. The van der Waals surface area contributed by atoms with Crippen LogP contribution >= 0.6 is 11.8 Å². The normalized spacial score (nSPS) is 14.0. The number of aliphatic carboxylic acids is 1.